The fourth-order valence-electron chi connectivity index (χ4n) is 2.65. The highest BCUT2D eigenvalue weighted by atomic mass is 16.5. The Labute approximate surface area is 134 Å². The molecule has 0 spiro atoms. The minimum absolute atomic E-state index is 0.150. The number of rotatable bonds is 5. The van der Waals surface area contributed by atoms with Gasteiger partial charge in [-0.1, -0.05) is 18.2 Å². The van der Waals surface area contributed by atoms with Crippen LogP contribution in [0.1, 0.15) is 13.8 Å². The number of H-pyrrole nitrogens is 1. The molecule has 0 aliphatic heterocycles. The van der Waals surface area contributed by atoms with E-state index in [1.807, 2.05) is 50.2 Å². The molecule has 117 valence electrons. The van der Waals surface area contributed by atoms with E-state index in [0.29, 0.717) is 24.7 Å². The van der Waals surface area contributed by atoms with E-state index in [1.54, 1.807) is 6.07 Å². The van der Waals surface area contributed by atoms with Crippen molar-refractivity contribution in [2.24, 2.45) is 0 Å². The average Bonchev–Trinajstić information content (AvgIpc) is 2.57. The molecule has 1 radical (unpaired) electrons. The van der Waals surface area contributed by atoms with Crippen molar-refractivity contribution in [2.75, 3.05) is 13.2 Å². The number of aromatic amines is 1. The molecule has 3 rings (SSSR count). The monoisotopic (exact) mass is 308 g/mol. The van der Waals surface area contributed by atoms with Gasteiger partial charge >= 0.3 is 0 Å². The maximum absolute atomic E-state index is 12.0. The summed E-state index contributed by atoms with van der Waals surface area (Å²) in [5.41, 5.74) is 2.30. The summed E-state index contributed by atoms with van der Waals surface area (Å²) in [5, 5.41) is 0.844. The van der Waals surface area contributed by atoms with Crippen molar-refractivity contribution < 1.29 is 9.47 Å². The zero-order chi connectivity index (χ0) is 16.2. The maximum Gasteiger partial charge on any atom is 0.249 e. The molecule has 4 heteroatoms. The molecule has 0 fully saturated rings. The van der Waals surface area contributed by atoms with E-state index in [1.165, 1.54) is 0 Å². The summed E-state index contributed by atoms with van der Waals surface area (Å²) < 4.78 is 11.5. The van der Waals surface area contributed by atoms with Crippen molar-refractivity contribution >= 4 is 10.9 Å². The normalized spacial score (nSPS) is 10.7. The first-order valence-electron chi connectivity index (χ1n) is 7.66. The van der Waals surface area contributed by atoms with E-state index < -0.39 is 0 Å². The van der Waals surface area contributed by atoms with Gasteiger partial charge in [0.25, 0.3) is 0 Å². The van der Waals surface area contributed by atoms with Crippen molar-refractivity contribution in [1.82, 2.24) is 4.98 Å². The minimum Gasteiger partial charge on any atom is -0.490 e. The zero-order valence-electron chi connectivity index (χ0n) is 13.2. The molecule has 0 saturated heterocycles. The summed E-state index contributed by atoms with van der Waals surface area (Å²) in [6.45, 7) is 4.91. The Kier molecular flexibility index (Phi) is 4.33. The van der Waals surface area contributed by atoms with E-state index in [2.05, 4.69) is 11.1 Å². The smallest absolute Gasteiger partial charge is 0.249 e. The Balaban J connectivity index is 2.38. The van der Waals surface area contributed by atoms with E-state index in [4.69, 9.17) is 9.47 Å². The van der Waals surface area contributed by atoms with Crippen LogP contribution in [0, 0.1) is 6.07 Å². The van der Waals surface area contributed by atoms with Crippen LogP contribution in [0.2, 0.25) is 0 Å². The lowest BCUT2D eigenvalue weighted by molar-refractivity contribution is 0.291. The van der Waals surface area contributed by atoms with Crippen LogP contribution in [0.4, 0.5) is 0 Å². The van der Waals surface area contributed by atoms with Gasteiger partial charge in [-0.15, -0.1) is 0 Å². The van der Waals surface area contributed by atoms with E-state index in [-0.39, 0.29) is 5.56 Å². The third kappa shape index (κ3) is 2.93. The van der Waals surface area contributed by atoms with Gasteiger partial charge in [-0.25, -0.2) is 0 Å². The lowest BCUT2D eigenvalue weighted by Crippen LogP contribution is -2.07. The Morgan fingerprint density at radius 1 is 1.13 bits per heavy atom. The molecule has 1 aromatic heterocycles. The Bertz CT molecular complexity index is 869. The van der Waals surface area contributed by atoms with Crippen molar-refractivity contribution in [3.63, 3.8) is 0 Å². The molecule has 0 aliphatic rings. The molecule has 0 bridgehead atoms. The van der Waals surface area contributed by atoms with Gasteiger partial charge in [0.15, 0.2) is 11.5 Å². The summed E-state index contributed by atoms with van der Waals surface area (Å²) in [6, 6.07) is 15.8. The van der Waals surface area contributed by atoms with Gasteiger partial charge in [0.1, 0.15) is 0 Å². The van der Waals surface area contributed by atoms with Gasteiger partial charge in [-0.3, -0.25) is 4.79 Å². The van der Waals surface area contributed by atoms with Crippen molar-refractivity contribution in [1.29, 1.82) is 0 Å². The van der Waals surface area contributed by atoms with Crippen LogP contribution < -0.4 is 15.0 Å². The summed E-state index contributed by atoms with van der Waals surface area (Å²) in [7, 11) is 0. The first-order chi connectivity index (χ1) is 11.2. The van der Waals surface area contributed by atoms with Gasteiger partial charge in [0.2, 0.25) is 5.56 Å². The van der Waals surface area contributed by atoms with E-state index in [0.717, 1.165) is 22.0 Å². The topological polar surface area (TPSA) is 51.3 Å². The molecule has 1 N–H and O–H groups in total. The van der Waals surface area contributed by atoms with Gasteiger partial charge in [-0.05, 0) is 43.7 Å². The highest BCUT2D eigenvalue weighted by Gasteiger charge is 2.16. The lowest BCUT2D eigenvalue weighted by Gasteiger charge is -2.16. The second kappa shape index (κ2) is 6.57. The minimum atomic E-state index is -0.150. The Hall–Kier alpha value is -2.75. The standard InChI is InChI=1S/C19H18NO3/c1-3-22-16-11-10-15-18(19(16)23-4-2)14(12-17(21)20-15)13-8-6-5-7-9-13/h5-6,8-12H,3-4H2,1-2H3,(H,20,21). The molecule has 0 amide bonds. The van der Waals surface area contributed by atoms with Crippen LogP contribution in [0.3, 0.4) is 0 Å². The van der Waals surface area contributed by atoms with Crippen molar-refractivity contribution in [3.8, 4) is 22.6 Å². The van der Waals surface area contributed by atoms with Crippen LogP contribution in [0.25, 0.3) is 22.0 Å². The van der Waals surface area contributed by atoms with Gasteiger partial charge < -0.3 is 14.5 Å². The first kappa shape index (κ1) is 15.2. The lowest BCUT2D eigenvalue weighted by atomic mass is 10.0. The van der Waals surface area contributed by atoms with Gasteiger partial charge in [0.05, 0.1) is 24.1 Å². The van der Waals surface area contributed by atoms with Crippen molar-refractivity contribution in [3.05, 3.63) is 58.9 Å². The molecule has 0 atom stereocenters. The number of hydrogen-bond acceptors (Lipinski definition) is 3. The number of pyridine rings is 1. The largest absolute Gasteiger partial charge is 0.490 e. The molecule has 4 nitrogen and oxygen atoms in total. The molecule has 0 saturated carbocycles. The summed E-state index contributed by atoms with van der Waals surface area (Å²) in [4.78, 5) is 14.9. The maximum atomic E-state index is 12.0. The third-order valence-corrected chi connectivity index (χ3v) is 3.53. The van der Waals surface area contributed by atoms with Crippen molar-refractivity contribution in [2.45, 2.75) is 13.8 Å². The highest BCUT2D eigenvalue weighted by Crippen LogP contribution is 2.40. The highest BCUT2D eigenvalue weighted by molar-refractivity contribution is 6.00. The molecule has 0 aliphatic carbocycles. The molecule has 2 aromatic carbocycles. The number of ether oxygens (including phenoxy) is 2. The fraction of sp³-hybridized carbons (Fsp3) is 0.211. The number of aromatic nitrogens is 1. The van der Waals surface area contributed by atoms with Crippen LogP contribution >= 0.6 is 0 Å². The Morgan fingerprint density at radius 2 is 1.96 bits per heavy atom. The third-order valence-electron chi connectivity index (χ3n) is 3.53. The van der Waals surface area contributed by atoms with Gasteiger partial charge in [-0.2, -0.15) is 0 Å². The van der Waals surface area contributed by atoms with Crippen LogP contribution in [0.15, 0.2) is 47.3 Å². The van der Waals surface area contributed by atoms with Crippen LogP contribution in [-0.4, -0.2) is 18.2 Å². The number of nitrogens with one attached hydrogen (secondary N) is 1. The molecular formula is C19H18NO3. The zero-order valence-corrected chi connectivity index (χ0v) is 13.2. The molecular weight excluding hydrogens is 290 g/mol. The second-order valence-electron chi connectivity index (χ2n) is 5.02. The van der Waals surface area contributed by atoms with Crippen LogP contribution in [0.5, 0.6) is 11.5 Å². The summed E-state index contributed by atoms with van der Waals surface area (Å²) in [6.07, 6.45) is 0. The van der Waals surface area contributed by atoms with Crippen LogP contribution in [-0.2, 0) is 0 Å². The first-order valence-corrected chi connectivity index (χ1v) is 7.66. The molecule has 23 heavy (non-hydrogen) atoms. The van der Waals surface area contributed by atoms with E-state index in [9.17, 15) is 4.79 Å². The summed E-state index contributed by atoms with van der Waals surface area (Å²) >= 11 is 0. The predicted octanol–water partition coefficient (Wildman–Crippen LogP) is 3.79. The number of fused-ring (bicyclic) bond motifs is 1. The SMILES string of the molecule is CCOc1ccc2[nH]c(=O)cc(-c3c[c]ccc3)c2c1OCC. The number of hydrogen-bond donors (Lipinski definition) is 1. The molecule has 0 unspecified atom stereocenters. The van der Waals surface area contributed by atoms with Gasteiger partial charge in [0, 0.05) is 11.6 Å². The molecule has 3 aromatic rings. The summed E-state index contributed by atoms with van der Waals surface area (Å²) in [5.74, 6) is 1.33. The predicted molar refractivity (Wildman–Crippen MR) is 91.2 cm³/mol. The Morgan fingerprint density at radius 3 is 2.65 bits per heavy atom. The fourth-order valence-corrected chi connectivity index (χ4v) is 2.65. The molecule has 1 heterocycles. The second-order valence-corrected chi connectivity index (χ2v) is 5.02. The quantitative estimate of drug-likeness (QED) is 0.780. The van der Waals surface area contributed by atoms with E-state index >= 15 is 0 Å². The average molecular weight is 308 g/mol. The number of benzene rings is 2.